The lowest BCUT2D eigenvalue weighted by Crippen LogP contribution is -2.41. The molecule has 292 valence electrons. The van der Waals surface area contributed by atoms with E-state index in [2.05, 4.69) is 84.9 Å². The van der Waals surface area contributed by atoms with E-state index in [-0.39, 0.29) is 12.0 Å². The minimum atomic E-state index is -0.317. The number of hydrogen-bond donors (Lipinski definition) is 1. The standard InChI is InChI=1S/C27H26ClN3O2.C21H23ClN2/c1-2-18-15-23-21(16-24(18)28)8-7-20-5-3-12-30-26(20)25(23)19-9-13-31(14-10-19)27(32)33-22-6-4-11-29-17-22;1-2-14-12-18-17(13-19(14)22)6-5-16-4-3-9-24-21(16)20(18)15-7-10-23-11-8-15/h3-8,11-12,15-17,19,25H,2,9-10,13-14H2,1H3;3-6,9,12-13,15,20,23H,2,7-8,10-11H2,1H3. The number of benzene rings is 2. The number of aryl methyl sites for hydroxylation is 2. The maximum Gasteiger partial charge on any atom is 0.415 e. The van der Waals surface area contributed by atoms with Crippen molar-refractivity contribution >= 4 is 53.6 Å². The van der Waals surface area contributed by atoms with Crippen LogP contribution in [-0.4, -0.2) is 52.1 Å². The normalized spacial score (nSPS) is 18.8. The summed E-state index contributed by atoms with van der Waals surface area (Å²) in [6.07, 6.45) is 21.4. The zero-order valence-corrected chi connectivity index (χ0v) is 34.1. The number of aromatic nitrogens is 3. The van der Waals surface area contributed by atoms with Crippen LogP contribution in [-0.2, 0) is 12.8 Å². The van der Waals surface area contributed by atoms with Gasteiger partial charge in [0, 0.05) is 53.6 Å². The zero-order valence-electron chi connectivity index (χ0n) is 32.6. The topological polar surface area (TPSA) is 80.2 Å². The van der Waals surface area contributed by atoms with Crippen LogP contribution in [0.2, 0.25) is 10.0 Å². The molecule has 0 saturated carbocycles. The average Bonchev–Trinajstić information content (AvgIpc) is 3.51. The minimum Gasteiger partial charge on any atom is -0.409 e. The predicted molar refractivity (Wildman–Crippen MR) is 232 cm³/mol. The minimum absolute atomic E-state index is 0.158. The molecule has 7 nitrogen and oxygen atoms in total. The predicted octanol–water partition coefficient (Wildman–Crippen LogP) is 11.1. The Hall–Kier alpha value is -4.82. The van der Waals surface area contributed by atoms with E-state index in [0.717, 1.165) is 71.2 Å². The first-order valence-corrected chi connectivity index (χ1v) is 21.2. The van der Waals surface area contributed by atoms with E-state index in [1.165, 1.54) is 46.4 Å². The molecule has 57 heavy (non-hydrogen) atoms. The molecule has 4 aliphatic rings. The average molecular weight is 799 g/mol. The van der Waals surface area contributed by atoms with Gasteiger partial charge in [0.15, 0.2) is 5.75 Å². The summed E-state index contributed by atoms with van der Waals surface area (Å²) in [6.45, 7) is 7.80. The Morgan fingerprint density at radius 1 is 0.702 bits per heavy atom. The van der Waals surface area contributed by atoms with E-state index < -0.39 is 0 Å². The molecular weight excluding hydrogens is 749 g/mol. The van der Waals surface area contributed by atoms with Crippen LogP contribution < -0.4 is 10.1 Å². The zero-order chi connectivity index (χ0) is 39.3. The number of halogens is 2. The van der Waals surface area contributed by atoms with Crippen molar-refractivity contribution in [1.29, 1.82) is 0 Å². The molecule has 2 aromatic carbocycles. The van der Waals surface area contributed by atoms with E-state index in [1.54, 1.807) is 29.4 Å². The highest BCUT2D eigenvalue weighted by atomic mass is 35.5. The summed E-state index contributed by atoms with van der Waals surface area (Å²) in [5.41, 5.74) is 12.2. The van der Waals surface area contributed by atoms with Crippen molar-refractivity contribution in [3.8, 4) is 5.75 Å². The number of rotatable bonds is 5. The number of hydrogen-bond acceptors (Lipinski definition) is 6. The number of nitrogens with zero attached hydrogens (tertiary/aromatic N) is 4. The van der Waals surface area contributed by atoms with Crippen LogP contribution in [0.25, 0.3) is 24.3 Å². The molecule has 2 aliphatic carbocycles. The van der Waals surface area contributed by atoms with Gasteiger partial charge >= 0.3 is 6.09 Å². The molecule has 0 radical (unpaired) electrons. The monoisotopic (exact) mass is 797 g/mol. The van der Waals surface area contributed by atoms with Gasteiger partial charge in [-0.05, 0) is 144 Å². The second-order valence-corrected chi connectivity index (χ2v) is 16.2. The van der Waals surface area contributed by atoms with E-state index in [1.807, 2.05) is 24.5 Å². The van der Waals surface area contributed by atoms with Gasteiger partial charge in [0.05, 0.1) is 17.6 Å². The van der Waals surface area contributed by atoms with Crippen molar-refractivity contribution in [3.63, 3.8) is 0 Å². The first-order valence-electron chi connectivity index (χ1n) is 20.4. The molecule has 9 heteroatoms. The van der Waals surface area contributed by atoms with Crippen LogP contribution in [0.3, 0.4) is 0 Å². The molecule has 2 aliphatic heterocycles. The Labute approximate surface area is 346 Å². The molecule has 0 spiro atoms. The molecular formula is C48H49Cl2N5O2. The summed E-state index contributed by atoms with van der Waals surface area (Å²) in [4.78, 5) is 28.1. The first-order chi connectivity index (χ1) is 27.9. The third kappa shape index (κ3) is 8.43. The SMILES string of the molecule is CCc1cc2c(cc1Cl)C=Cc1cccnc1C2C1CCN(C(=O)Oc2cccnc2)CC1.CCc1cc2c(cc1Cl)C=Cc1cccnc1C2C1CCNCC1. The van der Waals surface area contributed by atoms with Crippen molar-refractivity contribution in [1.82, 2.24) is 25.2 Å². The number of carbonyl (C=O) groups excluding carboxylic acids is 1. The number of ether oxygens (including phenoxy) is 1. The van der Waals surface area contributed by atoms with Crippen LogP contribution in [0, 0.1) is 11.8 Å². The van der Waals surface area contributed by atoms with Gasteiger partial charge in [-0.3, -0.25) is 15.0 Å². The molecule has 2 unspecified atom stereocenters. The van der Waals surface area contributed by atoms with Crippen LogP contribution in [0.15, 0.2) is 85.5 Å². The number of likely N-dealkylation sites (tertiary alicyclic amines) is 1. The van der Waals surface area contributed by atoms with Gasteiger partial charge in [-0.2, -0.15) is 0 Å². The number of carbonyl (C=O) groups is 1. The highest BCUT2D eigenvalue weighted by Crippen LogP contribution is 2.45. The largest absolute Gasteiger partial charge is 0.415 e. The lowest BCUT2D eigenvalue weighted by molar-refractivity contribution is 0.127. The van der Waals surface area contributed by atoms with Crippen molar-refractivity contribution in [2.75, 3.05) is 26.2 Å². The summed E-state index contributed by atoms with van der Waals surface area (Å²) in [7, 11) is 0. The molecule has 2 fully saturated rings. The van der Waals surface area contributed by atoms with Gasteiger partial charge in [-0.1, -0.05) is 85.6 Å². The fourth-order valence-electron chi connectivity index (χ4n) is 9.11. The van der Waals surface area contributed by atoms with Gasteiger partial charge in [-0.25, -0.2) is 4.79 Å². The summed E-state index contributed by atoms with van der Waals surface area (Å²) in [6, 6.07) is 20.7. The molecule has 0 bridgehead atoms. The number of fused-ring (bicyclic) bond motifs is 4. The lowest BCUT2D eigenvalue weighted by atomic mass is 9.76. The van der Waals surface area contributed by atoms with Crippen molar-refractivity contribution in [2.45, 2.75) is 64.2 Å². The van der Waals surface area contributed by atoms with Gasteiger partial charge in [-0.15, -0.1) is 0 Å². The van der Waals surface area contributed by atoms with Crippen molar-refractivity contribution in [2.24, 2.45) is 11.8 Å². The maximum absolute atomic E-state index is 12.7. The third-order valence-corrected chi connectivity index (χ3v) is 12.8. The van der Waals surface area contributed by atoms with Gasteiger partial charge in [0.25, 0.3) is 0 Å². The highest BCUT2D eigenvalue weighted by molar-refractivity contribution is 6.32. The van der Waals surface area contributed by atoms with Crippen molar-refractivity contribution in [3.05, 3.63) is 151 Å². The fraction of sp³-hybridized carbons (Fsp3) is 0.333. The fourth-order valence-corrected chi connectivity index (χ4v) is 9.72. The molecule has 9 rings (SSSR count). The lowest BCUT2D eigenvalue weighted by Gasteiger charge is -2.36. The summed E-state index contributed by atoms with van der Waals surface area (Å²) < 4.78 is 5.50. The molecule has 5 heterocycles. The molecule has 1 amide bonds. The van der Waals surface area contributed by atoms with Crippen LogP contribution >= 0.6 is 23.2 Å². The van der Waals surface area contributed by atoms with E-state index in [9.17, 15) is 4.79 Å². The molecule has 1 N–H and O–H groups in total. The van der Waals surface area contributed by atoms with Crippen LogP contribution in [0.5, 0.6) is 5.75 Å². The highest BCUT2D eigenvalue weighted by Gasteiger charge is 2.35. The number of amides is 1. The number of piperidine rings is 2. The Morgan fingerprint density at radius 2 is 1.21 bits per heavy atom. The first kappa shape index (κ1) is 39.0. The van der Waals surface area contributed by atoms with Gasteiger partial charge < -0.3 is 15.0 Å². The summed E-state index contributed by atoms with van der Waals surface area (Å²) in [5.74, 6) is 1.98. The van der Waals surface area contributed by atoms with Crippen LogP contribution in [0.1, 0.15) is 107 Å². The second-order valence-electron chi connectivity index (χ2n) is 15.4. The molecule has 2 atom stereocenters. The molecule has 5 aromatic rings. The molecule has 3 aromatic heterocycles. The van der Waals surface area contributed by atoms with Crippen LogP contribution in [0.4, 0.5) is 4.79 Å². The van der Waals surface area contributed by atoms with Gasteiger partial charge in [0.2, 0.25) is 0 Å². The molecule has 2 saturated heterocycles. The number of nitrogens with one attached hydrogen (secondary N) is 1. The second kappa shape index (κ2) is 17.8. The maximum atomic E-state index is 12.7. The smallest absolute Gasteiger partial charge is 0.409 e. The number of pyridine rings is 3. The third-order valence-electron chi connectivity index (χ3n) is 12.1. The Morgan fingerprint density at radius 3 is 1.72 bits per heavy atom. The van der Waals surface area contributed by atoms with E-state index in [4.69, 9.17) is 37.9 Å². The Balaban J connectivity index is 0.000000168. The van der Waals surface area contributed by atoms with E-state index in [0.29, 0.717) is 36.6 Å². The summed E-state index contributed by atoms with van der Waals surface area (Å²) in [5, 5.41) is 5.18. The van der Waals surface area contributed by atoms with Crippen molar-refractivity contribution < 1.29 is 9.53 Å². The summed E-state index contributed by atoms with van der Waals surface area (Å²) >= 11 is 13.1. The van der Waals surface area contributed by atoms with Gasteiger partial charge in [0.1, 0.15) is 0 Å². The quantitative estimate of drug-likeness (QED) is 0.191. The Bertz CT molecular complexity index is 2280. The van der Waals surface area contributed by atoms with E-state index >= 15 is 0 Å². The Kier molecular flexibility index (Phi) is 12.2.